The predicted octanol–water partition coefficient (Wildman–Crippen LogP) is 2.81. The Morgan fingerprint density at radius 1 is 1.22 bits per heavy atom. The fraction of sp³-hybridized carbons (Fsp3) is 0.444. The zero-order valence-electron chi connectivity index (χ0n) is 13.8. The Morgan fingerprint density at radius 2 is 2.04 bits per heavy atom. The summed E-state index contributed by atoms with van der Waals surface area (Å²) in [5.41, 5.74) is 1.36. The van der Waals surface area contributed by atoms with Crippen LogP contribution in [-0.4, -0.2) is 40.6 Å². The molecule has 0 radical (unpaired) electrons. The highest BCUT2D eigenvalue weighted by Gasteiger charge is 2.29. The molecule has 5 heteroatoms. The molecule has 2 atom stereocenters. The molecule has 23 heavy (non-hydrogen) atoms. The van der Waals surface area contributed by atoms with Gasteiger partial charge in [0.2, 0.25) is 5.88 Å². The molecule has 2 heterocycles. The van der Waals surface area contributed by atoms with Crippen LogP contribution in [0.15, 0.2) is 42.7 Å². The normalized spacial score (nSPS) is 21.3. The molecule has 1 fully saturated rings. The minimum absolute atomic E-state index is 0.380. The summed E-state index contributed by atoms with van der Waals surface area (Å²) in [4.78, 5) is 11.1. The van der Waals surface area contributed by atoms with Crippen molar-refractivity contribution >= 4 is 5.82 Å². The lowest BCUT2D eigenvalue weighted by Gasteiger charge is -2.18. The van der Waals surface area contributed by atoms with E-state index in [1.54, 1.807) is 12.4 Å². The number of rotatable bonds is 6. The van der Waals surface area contributed by atoms with Gasteiger partial charge in [-0.1, -0.05) is 37.3 Å². The van der Waals surface area contributed by atoms with Crippen LogP contribution in [-0.2, 0) is 6.54 Å². The average Bonchev–Trinajstić information content (AvgIpc) is 2.88. The van der Waals surface area contributed by atoms with E-state index in [9.17, 15) is 0 Å². The lowest BCUT2D eigenvalue weighted by atomic mass is 10.1. The molecule has 3 rings (SSSR count). The van der Waals surface area contributed by atoms with E-state index in [1.165, 1.54) is 5.56 Å². The number of aromatic nitrogens is 2. The first-order chi connectivity index (χ1) is 11.2. The van der Waals surface area contributed by atoms with E-state index in [-0.39, 0.29) is 0 Å². The maximum Gasteiger partial charge on any atom is 0.234 e. The van der Waals surface area contributed by atoms with E-state index >= 15 is 0 Å². The van der Waals surface area contributed by atoms with Gasteiger partial charge in [-0.25, -0.2) is 0 Å². The number of nitrogens with zero attached hydrogens (tertiary/aromatic N) is 3. The molecule has 1 aliphatic heterocycles. The largest absolute Gasteiger partial charge is 0.477 e. The number of benzene rings is 1. The van der Waals surface area contributed by atoms with Gasteiger partial charge in [0.15, 0.2) is 0 Å². The molecule has 0 spiro atoms. The van der Waals surface area contributed by atoms with Gasteiger partial charge in [-0.2, -0.15) is 4.98 Å². The molecule has 2 unspecified atom stereocenters. The highest BCUT2D eigenvalue weighted by molar-refractivity contribution is 5.35. The van der Waals surface area contributed by atoms with Crippen molar-refractivity contribution in [1.82, 2.24) is 14.9 Å². The zero-order valence-corrected chi connectivity index (χ0v) is 13.8. The van der Waals surface area contributed by atoms with Gasteiger partial charge < -0.3 is 10.1 Å². The predicted molar refractivity (Wildman–Crippen MR) is 91.5 cm³/mol. The molecule has 1 aromatic carbocycles. The van der Waals surface area contributed by atoms with Crippen LogP contribution in [0.5, 0.6) is 5.88 Å². The Kier molecular flexibility index (Phi) is 5.08. The van der Waals surface area contributed by atoms with Crippen molar-refractivity contribution in [3.8, 4) is 5.88 Å². The van der Waals surface area contributed by atoms with Gasteiger partial charge in [-0.3, -0.25) is 9.88 Å². The van der Waals surface area contributed by atoms with Gasteiger partial charge in [-0.15, -0.1) is 0 Å². The summed E-state index contributed by atoms with van der Waals surface area (Å²) < 4.78 is 5.41. The topological polar surface area (TPSA) is 50.3 Å². The van der Waals surface area contributed by atoms with E-state index in [4.69, 9.17) is 4.74 Å². The summed E-state index contributed by atoms with van der Waals surface area (Å²) in [5.74, 6) is 1.93. The lowest BCUT2D eigenvalue weighted by Crippen LogP contribution is -2.28. The van der Waals surface area contributed by atoms with Gasteiger partial charge in [-0.05, 0) is 18.4 Å². The molecule has 122 valence electrons. The van der Waals surface area contributed by atoms with Gasteiger partial charge in [0.1, 0.15) is 5.82 Å². The maximum absolute atomic E-state index is 5.41. The monoisotopic (exact) mass is 312 g/mol. The molecule has 1 saturated heterocycles. The third-order valence-electron chi connectivity index (χ3n) is 4.17. The van der Waals surface area contributed by atoms with Crippen molar-refractivity contribution < 1.29 is 4.74 Å². The molecular weight excluding hydrogens is 288 g/mol. The van der Waals surface area contributed by atoms with Gasteiger partial charge in [0.05, 0.1) is 19.0 Å². The van der Waals surface area contributed by atoms with Crippen LogP contribution in [0.1, 0.15) is 19.4 Å². The maximum atomic E-state index is 5.41. The molecule has 1 aromatic heterocycles. The smallest absolute Gasteiger partial charge is 0.234 e. The third kappa shape index (κ3) is 4.20. The Labute approximate surface area is 137 Å². The quantitative estimate of drug-likeness (QED) is 0.889. The molecule has 5 nitrogen and oxygen atoms in total. The van der Waals surface area contributed by atoms with Crippen molar-refractivity contribution in [2.75, 3.05) is 25.0 Å². The first-order valence-electron chi connectivity index (χ1n) is 8.22. The van der Waals surface area contributed by atoms with E-state index in [0.29, 0.717) is 24.4 Å². The molecule has 2 aromatic rings. The van der Waals surface area contributed by atoms with Gasteiger partial charge >= 0.3 is 0 Å². The number of hydrogen-bond donors (Lipinski definition) is 1. The molecule has 1 N–H and O–H groups in total. The zero-order chi connectivity index (χ0) is 16.1. The summed E-state index contributed by atoms with van der Waals surface area (Å²) in [5, 5.41) is 3.51. The molecule has 0 amide bonds. The van der Waals surface area contributed by atoms with Crippen LogP contribution in [0.3, 0.4) is 0 Å². The van der Waals surface area contributed by atoms with E-state index < -0.39 is 0 Å². The minimum atomic E-state index is 0.380. The Hall–Kier alpha value is -2.14. The van der Waals surface area contributed by atoms with E-state index in [2.05, 4.69) is 57.4 Å². The molecule has 0 saturated carbocycles. The minimum Gasteiger partial charge on any atom is -0.477 e. The van der Waals surface area contributed by atoms with E-state index in [0.717, 1.165) is 25.5 Å². The van der Waals surface area contributed by atoms with Crippen molar-refractivity contribution in [2.24, 2.45) is 5.92 Å². The fourth-order valence-electron chi connectivity index (χ4n) is 3.05. The highest BCUT2D eigenvalue weighted by Crippen LogP contribution is 2.22. The SMILES string of the molecule is CCOc1cncc(NC2CN(Cc3ccccc3)CC2C)n1. The first-order valence-corrected chi connectivity index (χ1v) is 8.22. The summed E-state index contributed by atoms with van der Waals surface area (Å²) in [6.07, 6.45) is 3.41. The van der Waals surface area contributed by atoms with Crippen LogP contribution in [0, 0.1) is 5.92 Å². The summed E-state index contributed by atoms with van der Waals surface area (Å²) in [6.45, 7) is 7.92. The molecular formula is C18H24N4O. The summed E-state index contributed by atoms with van der Waals surface area (Å²) >= 11 is 0. The number of anilines is 1. The average molecular weight is 312 g/mol. The Balaban J connectivity index is 1.59. The van der Waals surface area contributed by atoms with Crippen LogP contribution in [0.25, 0.3) is 0 Å². The van der Waals surface area contributed by atoms with Crippen molar-refractivity contribution in [3.63, 3.8) is 0 Å². The Morgan fingerprint density at radius 3 is 2.83 bits per heavy atom. The summed E-state index contributed by atoms with van der Waals surface area (Å²) in [6, 6.07) is 11.0. The van der Waals surface area contributed by atoms with E-state index in [1.807, 2.05) is 6.92 Å². The van der Waals surface area contributed by atoms with Crippen LogP contribution >= 0.6 is 0 Å². The second-order valence-corrected chi connectivity index (χ2v) is 6.08. The lowest BCUT2D eigenvalue weighted by molar-refractivity contribution is 0.319. The number of hydrogen-bond acceptors (Lipinski definition) is 5. The highest BCUT2D eigenvalue weighted by atomic mass is 16.5. The molecule has 0 aliphatic carbocycles. The summed E-state index contributed by atoms with van der Waals surface area (Å²) in [7, 11) is 0. The fourth-order valence-corrected chi connectivity index (χ4v) is 3.05. The first kappa shape index (κ1) is 15.7. The van der Waals surface area contributed by atoms with Crippen molar-refractivity contribution in [2.45, 2.75) is 26.4 Å². The third-order valence-corrected chi connectivity index (χ3v) is 4.17. The standard InChI is InChI=1S/C18H24N4O/c1-3-23-18-10-19-9-17(21-18)20-16-13-22(11-14(16)2)12-15-7-5-4-6-8-15/h4-10,14,16H,3,11-13H2,1-2H3,(H,20,21). The van der Waals surface area contributed by atoms with Crippen LogP contribution < -0.4 is 10.1 Å². The second-order valence-electron chi connectivity index (χ2n) is 6.08. The van der Waals surface area contributed by atoms with Crippen molar-refractivity contribution in [1.29, 1.82) is 0 Å². The van der Waals surface area contributed by atoms with Crippen LogP contribution in [0.2, 0.25) is 0 Å². The van der Waals surface area contributed by atoms with Gasteiger partial charge in [0, 0.05) is 25.7 Å². The Bertz CT molecular complexity index is 619. The number of likely N-dealkylation sites (tertiary alicyclic amines) is 1. The molecule has 1 aliphatic rings. The molecule has 0 bridgehead atoms. The second kappa shape index (κ2) is 7.42. The van der Waals surface area contributed by atoms with Gasteiger partial charge in [0.25, 0.3) is 0 Å². The number of nitrogens with one attached hydrogen (secondary N) is 1. The van der Waals surface area contributed by atoms with Crippen molar-refractivity contribution in [3.05, 3.63) is 48.3 Å². The number of ether oxygens (including phenoxy) is 1. The van der Waals surface area contributed by atoms with Crippen LogP contribution in [0.4, 0.5) is 5.82 Å².